The summed E-state index contributed by atoms with van der Waals surface area (Å²) in [4.78, 5) is 2.93. The molecule has 0 aliphatic carbocycles. The van der Waals surface area contributed by atoms with Crippen LogP contribution in [0.5, 0.6) is 0 Å². The number of aromatic nitrogens is 1. The lowest BCUT2D eigenvalue weighted by Gasteiger charge is -2.16. The van der Waals surface area contributed by atoms with Crippen LogP contribution in [0.1, 0.15) is 17.2 Å². The Kier molecular flexibility index (Phi) is 4.89. The predicted octanol–water partition coefficient (Wildman–Crippen LogP) is 2.56. The third-order valence-electron chi connectivity index (χ3n) is 4.28. The van der Waals surface area contributed by atoms with Gasteiger partial charge in [0, 0.05) is 37.7 Å². The Labute approximate surface area is 146 Å². The summed E-state index contributed by atoms with van der Waals surface area (Å²) < 4.78 is 64.3. The Balaban J connectivity index is 1.85. The molecule has 0 bridgehead atoms. The smallest absolute Gasteiger partial charge is 0.396 e. The molecule has 25 heavy (non-hydrogen) atoms. The zero-order valence-electron chi connectivity index (χ0n) is 12.8. The largest absolute Gasteiger partial charge is 0.433 e. The van der Waals surface area contributed by atoms with Crippen molar-refractivity contribution < 1.29 is 26.7 Å². The molecular weight excluding hydrogens is 377 g/mol. The molecule has 3 heterocycles. The first-order chi connectivity index (χ1) is 11.7. The summed E-state index contributed by atoms with van der Waals surface area (Å²) in [5, 5.41) is 13.3. The zero-order valence-corrected chi connectivity index (χ0v) is 14.5. The summed E-state index contributed by atoms with van der Waals surface area (Å²) in [6, 6.07) is 3.45. The molecule has 2 atom stereocenters. The molecule has 1 saturated heterocycles. The summed E-state index contributed by atoms with van der Waals surface area (Å²) >= 11 is 1.48. The van der Waals surface area contributed by atoms with Crippen molar-refractivity contribution in [1.82, 2.24) is 9.29 Å². The van der Waals surface area contributed by atoms with E-state index in [1.165, 1.54) is 15.6 Å². The molecule has 0 radical (unpaired) electrons. The highest BCUT2D eigenvalue weighted by molar-refractivity contribution is 7.89. The molecule has 0 saturated carbocycles. The fourth-order valence-electron chi connectivity index (χ4n) is 2.93. The van der Waals surface area contributed by atoms with Gasteiger partial charge >= 0.3 is 6.18 Å². The summed E-state index contributed by atoms with van der Waals surface area (Å²) in [5.41, 5.74) is -0.190. The molecule has 5 nitrogen and oxygen atoms in total. The minimum atomic E-state index is -4.62. The number of aliphatic hydroxyl groups excluding tert-OH is 1. The van der Waals surface area contributed by atoms with E-state index in [0.717, 1.165) is 17.8 Å². The lowest BCUT2D eigenvalue weighted by atomic mass is 9.92. The number of aliphatic hydroxyl groups is 1. The average Bonchev–Trinajstić information content (AvgIpc) is 3.23. The number of thiophene rings is 1. The predicted molar refractivity (Wildman–Crippen MR) is 85.6 cm³/mol. The molecule has 136 valence electrons. The lowest BCUT2D eigenvalue weighted by Crippen LogP contribution is -2.29. The minimum Gasteiger partial charge on any atom is -0.396 e. The Bertz CT molecular complexity index is 821. The number of hydrogen-bond donors (Lipinski definition) is 1. The van der Waals surface area contributed by atoms with Crippen LogP contribution in [-0.2, 0) is 16.2 Å². The van der Waals surface area contributed by atoms with Gasteiger partial charge in [0.15, 0.2) is 0 Å². The van der Waals surface area contributed by atoms with E-state index in [1.807, 2.05) is 16.8 Å². The summed E-state index contributed by atoms with van der Waals surface area (Å²) in [5.74, 6) is -0.403. The molecule has 2 aromatic heterocycles. The highest BCUT2D eigenvalue weighted by Crippen LogP contribution is 2.36. The van der Waals surface area contributed by atoms with Crippen molar-refractivity contribution in [2.45, 2.75) is 17.0 Å². The molecule has 3 rings (SSSR count). The van der Waals surface area contributed by atoms with Crippen LogP contribution in [-0.4, -0.2) is 42.5 Å². The number of pyridine rings is 1. The van der Waals surface area contributed by atoms with Crippen molar-refractivity contribution in [2.24, 2.45) is 5.92 Å². The Morgan fingerprint density at radius 1 is 1.28 bits per heavy atom. The van der Waals surface area contributed by atoms with E-state index in [1.54, 1.807) is 0 Å². The van der Waals surface area contributed by atoms with Crippen LogP contribution in [0.4, 0.5) is 13.2 Å². The Hall–Kier alpha value is -1.49. The van der Waals surface area contributed by atoms with E-state index in [9.17, 15) is 26.7 Å². The van der Waals surface area contributed by atoms with Crippen LogP contribution in [0, 0.1) is 5.92 Å². The Morgan fingerprint density at radius 2 is 2.04 bits per heavy atom. The van der Waals surface area contributed by atoms with Gasteiger partial charge in [-0.2, -0.15) is 28.8 Å². The summed E-state index contributed by atoms with van der Waals surface area (Å²) in [7, 11) is -3.97. The molecule has 2 aromatic rings. The first-order valence-corrected chi connectivity index (χ1v) is 9.78. The van der Waals surface area contributed by atoms with Crippen LogP contribution < -0.4 is 0 Å². The van der Waals surface area contributed by atoms with E-state index >= 15 is 0 Å². The molecule has 0 amide bonds. The molecule has 0 spiro atoms. The van der Waals surface area contributed by atoms with Gasteiger partial charge in [0.1, 0.15) is 10.6 Å². The van der Waals surface area contributed by atoms with Gasteiger partial charge < -0.3 is 5.11 Å². The van der Waals surface area contributed by atoms with E-state index in [-0.39, 0.29) is 36.4 Å². The molecule has 0 unspecified atom stereocenters. The lowest BCUT2D eigenvalue weighted by molar-refractivity contribution is -0.141. The first kappa shape index (κ1) is 18.3. The van der Waals surface area contributed by atoms with E-state index < -0.39 is 21.9 Å². The van der Waals surface area contributed by atoms with Crippen molar-refractivity contribution in [3.63, 3.8) is 0 Å². The molecule has 1 aliphatic heterocycles. The Morgan fingerprint density at radius 3 is 2.56 bits per heavy atom. The minimum absolute atomic E-state index is 0.111. The normalized spacial score (nSPS) is 22.4. The second-order valence-electron chi connectivity index (χ2n) is 5.80. The number of nitrogens with zero attached hydrogens (tertiary/aromatic N) is 2. The first-order valence-electron chi connectivity index (χ1n) is 7.40. The molecular formula is C15H15F3N2O3S2. The van der Waals surface area contributed by atoms with Gasteiger partial charge in [0.25, 0.3) is 0 Å². The maximum absolute atomic E-state index is 12.7. The third kappa shape index (κ3) is 3.57. The van der Waals surface area contributed by atoms with E-state index in [0.29, 0.717) is 6.07 Å². The van der Waals surface area contributed by atoms with Gasteiger partial charge in [0.05, 0.1) is 0 Å². The molecule has 0 aromatic carbocycles. The van der Waals surface area contributed by atoms with Crippen molar-refractivity contribution in [2.75, 3.05) is 19.7 Å². The fourth-order valence-corrected chi connectivity index (χ4v) is 5.12. The second kappa shape index (κ2) is 6.67. The maximum atomic E-state index is 12.7. The van der Waals surface area contributed by atoms with Crippen molar-refractivity contribution in [1.29, 1.82) is 0 Å². The van der Waals surface area contributed by atoms with Crippen LogP contribution >= 0.6 is 11.3 Å². The number of hydrogen-bond acceptors (Lipinski definition) is 5. The fraction of sp³-hybridized carbons (Fsp3) is 0.400. The van der Waals surface area contributed by atoms with Crippen molar-refractivity contribution in [3.05, 3.63) is 46.4 Å². The maximum Gasteiger partial charge on any atom is 0.433 e. The standard InChI is InChI=1S/C15H15F3N2O3S2/c16-15(17,18)14-2-1-12(5-19-14)25(22,23)20-6-11(8-21)13(7-20)10-3-4-24-9-10/h1-5,9,11,13,21H,6-8H2/t11-,13+/m0/s1. The van der Waals surface area contributed by atoms with Crippen molar-refractivity contribution >= 4 is 21.4 Å². The topological polar surface area (TPSA) is 70.5 Å². The monoisotopic (exact) mass is 392 g/mol. The molecule has 1 aliphatic rings. The van der Waals surface area contributed by atoms with Crippen LogP contribution in [0.2, 0.25) is 0 Å². The number of rotatable bonds is 4. The number of alkyl halides is 3. The highest BCUT2D eigenvalue weighted by atomic mass is 32.2. The van der Waals surface area contributed by atoms with Crippen LogP contribution in [0.15, 0.2) is 40.1 Å². The number of halogens is 3. The van der Waals surface area contributed by atoms with Gasteiger partial charge in [-0.15, -0.1) is 0 Å². The van der Waals surface area contributed by atoms with Crippen LogP contribution in [0.25, 0.3) is 0 Å². The van der Waals surface area contributed by atoms with Gasteiger partial charge in [-0.05, 0) is 34.5 Å². The molecule has 1 N–H and O–H groups in total. The van der Waals surface area contributed by atoms with Gasteiger partial charge in [-0.1, -0.05) is 0 Å². The SMILES string of the molecule is O=S(=O)(c1ccc(C(F)(F)F)nc1)N1C[C@@H](CO)[C@@H](c2ccsc2)C1. The van der Waals surface area contributed by atoms with E-state index in [4.69, 9.17) is 0 Å². The second-order valence-corrected chi connectivity index (χ2v) is 8.52. The average molecular weight is 392 g/mol. The third-order valence-corrected chi connectivity index (χ3v) is 6.79. The highest BCUT2D eigenvalue weighted by Gasteiger charge is 2.40. The van der Waals surface area contributed by atoms with E-state index in [2.05, 4.69) is 4.98 Å². The molecule has 1 fully saturated rings. The zero-order chi connectivity index (χ0) is 18.2. The summed E-state index contributed by atoms with van der Waals surface area (Å²) in [6.07, 6.45) is -3.90. The summed E-state index contributed by atoms with van der Waals surface area (Å²) in [6.45, 7) is 0.115. The molecule has 10 heteroatoms. The van der Waals surface area contributed by atoms with Gasteiger partial charge in [-0.3, -0.25) is 4.98 Å². The van der Waals surface area contributed by atoms with Gasteiger partial charge in [-0.25, -0.2) is 8.42 Å². The van der Waals surface area contributed by atoms with Crippen LogP contribution in [0.3, 0.4) is 0 Å². The quantitative estimate of drug-likeness (QED) is 0.868. The number of sulfonamides is 1. The van der Waals surface area contributed by atoms with Gasteiger partial charge in [0.2, 0.25) is 10.0 Å². The van der Waals surface area contributed by atoms with Crippen molar-refractivity contribution in [3.8, 4) is 0 Å².